The molecule has 146 valence electrons. The van der Waals surface area contributed by atoms with Crippen LogP contribution in [0.2, 0.25) is 0 Å². The zero-order chi connectivity index (χ0) is 20.5. The van der Waals surface area contributed by atoms with E-state index in [0.717, 1.165) is 0 Å². The second-order valence-electron chi connectivity index (χ2n) is 7.44. The second-order valence-corrected chi connectivity index (χ2v) is 7.44. The molecule has 3 aliphatic carbocycles. The number of nitrogens with two attached hydrogens (primary N) is 2. The van der Waals surface area contributed by atoms with E-state index in [1.165, 1.54) is 6.07 Å². The molecule has 0 aliphatic heterocycles. The van der Waals surface area contributed by atoms with Crippen molar-refractivity contribution < 1.29 is 34.8 Å². The van der Waals surface area contributed by atoms with E-state index in [4.69, 9.17) is 11.5 Å². The van der Waals surface area contributed by atoms with Gasteiger partial charge in [0.05, 0.1) is 11.3 Å². The van der Waals surface area contributed by atoms with Gasteiger partial charge < -0.3 is 31.9 Å². The number of aromatic hydroxyl groups is 1. The molecule has 0 spiro atoms. The quantitative estimate of drug-likeness (QED) is 0.221. The Bertz CT molecular complexity index is 1040. The third-order valence-corrected chi connectivity index (χ3v) is 5.97. The zero-order valence-corrected chi connectivity index (χ0v) is 14.6. The number of Topliss-reactive ketones (excluding diaryl/α,β-unsaturated/α-hetero) is 2. The van der Waals surface area contributed by atoms with Gasteiger partial charge in [-0.15, -0.1) is 0 Å². The maximum Gasteiger partial charge on any atom is 0.255 e. The molecule has 1 aromatic carbocycles. The minimum absolute atomic E-state index is 0.00576. The highest BCUT2D eigenvalue weighted by molar-refractivity contribution is 6.22. The van der Waals surface area contributed by atoms with E-state index in [2.05, 4.69) is 0 Å². The molecule has 3 atom stereocenters. The molecule has 3 aliphatic rings. The lowest BCUT2D eigenvalue weighted by Crippen LogP contribution is -2.58. The summed E-state index contributed by atoms with van der Waals surface area (Å²) in [6.07, 6.45) is 0.0330. The topological polar surface area (TPSA) is 184 Å². The van der Waals surface area contributed by atoms with Gasteiger partial charge in [0.2, 0.25) is 5.78 Å². The van der Waals surface area contributed by atoms with Gasteiger partial charge in [0, 0.05) is 17.9 Å². The number of amides is 1. The summed E-state index contributed by atoms with van der Waals surface area (Å²) >= 11 is 0. The van der Waals surface area contributed by atoms with Crippen LogP contribution in [0.3, 0.4) is 0 Å². The zero-order valence-electron chi connectivity index (χ0n) is 14.6. The first-order valence-corrected chi connectivity index (χ1v) is 8.66. The van der Waals surface area contributed by atoms with Gasteiger partial charge in [-0.05, 0) is 30.4 Å². The third kappa shape index (κ3) is 2.07. The largest absolute Gasteiger partial charge is 0.508 e. The van der Waals surface area contributed by atoms with Gasteiger partial charge in [0.1, 0.15) is 22.8 Å². The Morgan fingerprint density at radius 1 is 1.14 bits per heavy atom. The lowest BCUT2D eigenvalue weighted by molar-refractivity contribution is -0.147. The molecule has 0 bridgehead atoms. The summed E-state index contributed by atoms with van der Waals surface area (Å²) in [4.78, 5) is 36.9. The van der Waals surface area contributed by atoms with Crippen molar-refractivity contribution in [1.29, 1.82) is 0 Å². The molecular weight excluding hydrogens is 368 g/mol. The molecule has 0 aromatic heterocycles. The van der Waals surface area contributed by atoms with Crippen molar-refractivity contribution in [3.05, 3.63) is 40.2 Å². The van der Waals surface area contributed by atoms with E-state index >= 15 is 0 Å². The summed E-state index contributed by atoms with van der Waals surface area (Å²) in [5, 5.41) is 42.4. The number of hydrogen-bond acceptors (Lipinski definition) is 8. The van der Waals surface area contributed by atoms with Crippen molar-refractivity contribution >= 4 is 28.9 Å². The van der Waals surface area contributed by atoms with Crippen LogP contribution in [0.1, 0.15) is 24.0 Å². The van der Waals surface area contributed by atoms with Crippen LogP contribution in [0, 0.1) is 11.8 Å². The average molecular weight is 386 g/mol. The number of hydrogen-bond donors (Lipinski definition) is 6. The monoisotopic (exact) mass is 386 g/mol. The number of aliphatic hydroxyl groups excluding tert-OH is 2. The number of rotatable bonds is 1. The van der Waals surface area contributed by atoms with Crippen molar-refractivity contribution in [3.8, 4) is 5.75 Å². The fourth-order valence-electron chi connectivity index (χ4n) is 4.61. The number of phenolic OH excluding ortho intramolecular Hbond substituents is 1. The normalized spacial score (nSPS) is 29.3. The highest BCUT2D eigenvalue weighted by atomic mass is 16.3. The van der Waals surface area contributed by atoms with Gasteiger partial charge in [0.25, 0.3) is 5.91 Å². The van der Waals surface area contributed by atoms with Crippen molar-refractivity contribution in [3.63, 3.8) is 0 Å². The molecule has 9 nitrogen and oxygen atoms in total. The molecule has 3 unspecified atom stereocenters. The Kier molecular flexibility index (Phi) is 3.60. The number of nitrogen functional groups attached to an aromatic ring is 1. The first-order valence-electron chi connectivity index (χ1n) is 8.66. The number of phenols is 1. The number of anilines is 1. The number of primary amides is 1. The number of carbonyl (C=O) groups is 3. The van der Waals surface area contributed by atoms with Gasteiger partial charge in [0.15, 0.2) is 11.4 Å². The van der Waals surface area contributed by atoms with Crippen LogP contribution < -0.4 is 11.5 Å². The number of benzene rings is 1. The molecule has 9 heteroatoms. The molecular formula is C19H18N2O7. The fourth-order valence-corrected chi connectivity index (χ4v) is 4.61. The molecule has 1 saturated carbocycles. The number of fused-ring (bicyclic) bond motifs is 3. The van der Waals surface area contributed by atoms with Crippen molar-refractivity contribution in [2.75, 3.05) is 5.73 Å². The van der Waals surface area contributed by atoms with E-state index < -0.39 is 52.0 Å². The SMILES string of the molecule is NC(=O)C1=C(O)C2(O)C(=O)C3=C(O)c4c(ccc(N)c4O)CC3CC2CC1=O. The van der Waals surface area contributed by atoms with E-state index in [1.54, 1.807) is 6.07 Å². The summed E-state index contributed by atoms with van der Waals surface area (Å²) in [5.41, 5.74) is 7.82. The maximum absolute atomic E-state index is 13.2. The molecule has 1 amide bonds. The Labute approximate surface area is 158 Å². The first-order chi connectivity index (χ1) is 13.1. The molecule has 28 heavy (non-hydrogen) atoms. The van der Waals surface area contributed by atoms with Crippen LogP contribution in [0.25, 0.3) is 5.76 Å². The summed E-state index contributed by atoms with van der Waals surface area (Å²) < 4.78 is 0. The maximum atomic E-state index is 13.2. The average Bonchev–Trinajstić information content (AvgIpc) is 2.61. The van der Waals surface area contributed by atoms with Crippen molar-refractivity contribution in [2.24, 2.45) is 17.6 Å². The highest BCUT2D eigenvalue weighted by Gasteiger charge is 2.60. The minimum atomic E-state index is -2.55. The van der Waals surface area contributed by atoms with Crippen LogP contribution in [-0.4, -0.2) is 43.5 Å². The lowest BCUT2D eigenvalue weighted by Gasteiger charge is -2.46. The van der Waals surface area contributed by atoms with Crippen molar-refractivity contribution in [2.45, 2.75) is 24.9 Å². The van der Waals surface area contributed by atoms with Crippen LogP contribution in [0.15, 0.2) is 29.0 Å². The van der Waals surface area contributed by atoms with Crippen LogP contribution in [0.5, 0.6) is 5.75 Å². The van der Waals surface area contributed by atoms with E-state index in [1.807, 2.05) is 0 Å². The first kappa shape index (κ1) is 18.1. The number of aliphatic hydroxyl groups is 3. The van der Waals surface area contributed by atoms with Gasteiger partial charge in [-0.2, -0.15) is 0 Å². The standard InChI is InChI=1S/C19H18N2O7/c20-9-2-1-6-3-7-4-8-5-10(22)13(18(21)27)17(26)19(8,28)16(25)12(7)15(24)11(6)14(9)23/h1-2,7-8,23-24,26,28H,3-5,20H2,(H2,21,27). The second kappa shape index (κ2) is 5.59. The molecule has 0 heterocycles. The van der Waals surface area contributed by atoms with E-state index in [-0.39, 0.29) is 41.8 Å². The Morgan fingerprint density at radius 2 is 1.82 bits per heavy atom. The molecule has 1 fully saturated rings. The molecule has 0 radical (unpaired) electrons. The fraction of sp³-hybridized carbons (Fsp3) is 0.316. The molecule has 8 N–H and O–H groups in total. The summed E-state index contributed by atoms with van der Waals surface area (Å²) in [5.74, 6) is -6.55. The Hall–Kier alpha value is -3.33. The Morgan fingerprint density at radius 3 is 2.46 bits per heavy atom. The molecule has 1 aromatic rings. The summed E-state index contributed by atoms with van der Waals surface area (Å²) in [6, 6.07) is 3.10. The predicted octanol–water partition coefficient (Wildman–Crippen LogP) is 0.00610. The molecule has 4 rings (SSSR count). The predicted molar refractivity (Wildman–Crippen MR) is 95.8 cm³/mol. The van der Waals surface area contributed by atoms with Crippen LogP contribution in [0.4, 0.5) is 5.69 Å². The van der Waals surface area contributed by atoms with Gasteiger partial charge in [-0.3, -0.25) is 14.4 Å². The van der Waals surface area contributed by atoms with E-state index in [0.29, 0.717) is 5.56 Å². The van der Waals surface area contributed by atoms with Crippen LogP contribution in [-0.2, 0) is 20.8 Å². The van der Waals surface area contributed by atoms with E-state index in [9.17, 15) is 34.8 Å². The number of ketones is 2. The minimum Gasteiger partial charge on any atom is -0.508 e. The van der Waals surface area contributed by atoms with Crippen LogP contribution >= 0.6 is 0 Å². The molecule has 0 saturated heterocycles. The van der Waals surface area contributed by atoms with Gasteiger partial charge in [-0.1, -0.05) is 6.07 Å². The highest BCUT2D eigenvalue weighted by Crippen LogP contribution is 2.52. The smallest absolute Gasteiger partial charge is 0.255 e. The summed E-state index contributed by atoms with van der Waals surface area (Å²) in [7, 11) is 0. The number of carbonyl (C=O) groups excluding carboxylic acids is 3. The van der Waals surface area contributed by atoms with Gasteiger partial charge in [-0.25, -0.2) is 0 Å². The third-order valence-electron chi connectivity index (χ3n) is 5.97. The Balaban J connectivity index is 1.94. The summed E-state index contributed by atoms with van der Waals surface area (Å²) in [6.45, 7) is 0. The van der Waals surface area contributed by atoms with Crippen molar-refractivity contribution in [1.82, 2.24) is 0 Å². The lowest BCUT2D eigenvalue weighted by atomic mass is 9.59. The van der Waals surface area contributed by atoms with Gasteiger partial charge >= 0.3 is 0 Å².